The zero-order valence-electron chi connectivity index (χ0n) is 41.6. The molecule has 7 aromatic rings. The van der Waals surface area contributed by atoms with Gasteiger partial charge in [-0.05, 0) is 84.7 Å². The Morgan fingerprint density at radius 2 is 1.03 bits per heavy atom. The molecule has 13 heteroatoms. The summed E-state index contributed by atoms with van der Waals surface area (Å²) < 4.78 is 10.7. The van der Waals surface area contributed by atoms with Gasteiger partial charge in [0.2, 0.25) is 16.9 Å². The monoisotopic (exact) mass is 1040 g/mol. The number of ether oxygens (including phenoxy) is 2. The minimum Gasteiger partial charge on any atom is -0.460 e. The lowest BCUT2D eigenvalue weighted by atomic mass is 9.84. The molecule has 0 aliphatic heterocycles. The molecule has 3 N–H and O–H groups in total. The topological polar surface area (TPSA) is 140 Å². The first-order chi connectivity index (χ1) is 35.9. The van der Waals surface area contributed by atoms with Crippen molar-refractivity contribution in [3.63, 3.8) is 0 Å². The van der Waals surface area contributed by atoms with Gasteiger partial charge in [-0.2, -0.15) is 0 Å². The molecule has 0 bridgehead atoms. The van der Waals surface area contributed by atoms with Gasteiger partial charge in [0.1, 0.15) is 24.3 Å². The fraction of sp³-hybridized carbons (Fsp3) is 0.230. The van der Waals surface area contributed by atoms with Crippen molar-refractivity contribution >= 4 is 71.0 Å². The van der Waals surface area contributed by atoms with E-state index >= 15 is 4.79 Å². The molecule has 3 amide bonds. The summed E-state index contributed by atoms with van der Waals surface area (Å²) in [4.78, 5) is 70.2. The second kappa shape index (κ2) is 25.3. The van der Waals surface area contributed by atoms with Crippen LogP contribution in [0.5, 0.6) is 0 Å². The molecule has 1 aliphatic carbocycles. The van der Waals surface area contributed by atoms with E-state index in [2.05, 4.69) is 52.3 Å². The van der Waals surface area contributed by atoms with Gasteiger partial charge in [0.25, 0.3) is 0 Å². The normalized spacial score (nSPS) is 12.9. The van der Waals surface area contributed by atoms with Crippen molar-refractivity contribution in [2.24, 2.45) is 0 Å². The second-order valence-electron chi connectivity index (χ2n) is 18.8. The Morgan fingerprint density at radius 1 is 0.568 bits per heavy atom. The summed E-state index contributed by atoms with van der Waals surface area (Å²) in [5.74, 6) is -2.13. The van der Waals surface area contributed by atoms with Crippen molar-refractivity contribution in [1.82, 2.24) is 16.0 Å². The summed E-state index contributed by atoms with van der Waals surface area (Å²) in [5, 5.41) is 10.5. The van der Waals surface area contributed by atoms with Crippen LogP contribution in [0.3, 0.4) is 0 Å². The van der Waals surface area contributed by atoms with Crippen molar-refractivity contribution in [2.45, 2.75) is 62.0 Å². The molecule has 0 fully saturated rings. The van der Waals surface area contributed by atoms with Crippen molar-refractivity contribution in [3.8, 4) is 11.1 Å². The highest BCUT2D eigenvalue weighted by Gasteiger charge is 2.40. The van der Waals surface area contributed by atoms with Crippen molar-refractivity contribution in [3.05, 3.63) is 228 Å². The Labute approximate surface area is 443 Å². The maximum atomic E-state index is 15.0. The van der Waals surface area contributed by atoms with Crippen LogP contribution in [-0.2, 0) is 33.4 Å². The number of amides is 3. The number of esters is 1. The summed E-state index contributed by atoms with van der Waals surface area (Å²) in [6.07, 6.45) is -1.18. The number of nitrogens with one attached hydrogen (secondary N) is 3. The molecule has 378 valence electrons. The van der Waals surface area contributed by atoms with Gasteiger partial charge in [0, 0.05) is 23.6 Å². The number of hydrogen-bond donors (Lipinski definition) is 3. The van der Waals surface area contributed by atoms with Crippen LogP contribution in [0, 0.1) is 0 Å². The van der Waals surface area contributed by atoms with Crippen LogP contribution in [0.25, 0.3) is 11.1 Å². The van der Waals surface area contributed by atoms with Gasteiger partial charge in [0.15, 0.2) is 0 Å². The van der Waals surface area contributed by atoms with Gasteiger partial charge in [-0.1, -0.05) is 212 Å². The van der Waals surface area contributed by atoms with E-state index in [0.29, 0.717) is 5.49 Å². The number of alkyl carbamates (subject to hydrolysis) is 1. The Balaban J connectivity index is 1.05. The molecule has 0 aromatic heterocycles. The second-order valence-corrected chi connectivity index (χ2v) is 23.7. The number of rotatable bonds is 21. The van der Waals surface area contributed by atoms with Gasteiger partial charge in [-0.3, -0.25) is 19.2 Å². The van der Waals surface area contributed by atoms with Crippen LogP contribution in [0.1, 0.15) is 67.3 Å². The molecule has 1 aliphatic rings. The van der Waals surface area contributed by atoms with Crippen LogP contribution in [0.4, 0.5) is 4.79 Å². The number of fused-ring (bicyclic) bond motifs is 3. The predicted molar refractivity (Wildman–Crippen MR) is 300 cm³/mol. The average molecular weight is 1040 g/mol. The molecule has 0 spiro atoms. The van der Waals surface area contributed by atoms with Crippen molar-refractivity contribution in [2.75, 3.05) is 24.4 Å². The van der Waals surface area contributed by atoms with Gasteiger partial charge in [-0.25, -0.2) is 4.79 Å². The van der Waals surface area contributed by atoms with E-state index in [1.807, 2.05) is 164 Å². The first kappa shape index (κ1) is 53.3. The van der Waals surface area contributed by atoms with E-state index in [-0.39, 0.29) is 42.8 Å². The summed E-state index contributed by atoms with van der Waals surface area (Å²) in [6.45, 7) is 4.94. The predicted octanol–water partition coefficient (Wildman–Crippen LogP) is 10.7. The molecule has 0 saturated heterocycles. The number of thioether (sulfide) groups is 2. The summed E-state index contributed by atoms with van der Waals surface area (Å²) >= 11 is 2.60. The first-order valence-corrected chi connectivity index (χ1v) is 28.1. The van der Waals surface area contributed by atoms with Crippen molar-refractivity contribution in [1.29, 1.82) is 0 Å². The molecule has 0 radical (unpaired) electrons. The Kier molecular flexibility index (Phi) is 18.2. The van der Waals surface area contributed by atoms with E-state index in [9.17, 15) is 19.2 Å². The minimum absolute atomic E-state index is 0.00882. The van der Waals surface area contributed by atoms with Crippen LogP contribution in [-0.4, -0.2) is 71.1 Å². The van der Waals surface area contributed by atoms with E-state index in [0.717, 1.165) is 61.3 Å². The number of benzene rings is 7. The molecule has 74 heavy (non-hydrogen) atoms. The van der Waals surface area contributed by atoms with Crippen LogP contribution in [0.2, 0.25) is 0 Å². The zero-order valence-corrected chi connectivity index (χ0v) is 44.2. The molecule has 10 nitrogen and oxygen atoms in total. The lowest BCUT2D eigenvalue weighted by Crippen LogP contribution is -2.55. The molecular formula is C61H60N3O7PS2. The highest BCUT2D eigenvalue weighted by Crippen LogP contribution is 2.49. The average Bonchev–Trinajstić information content (AvgIpc) is 3.75. The third-order valence-corrected chi connectivity index (χ3v) is 18.0. The van der Waals surface area contributed by atoms with Gasteiger partial charge in [-0.15, -0.1) is 11.8 Å². The highest BCUT2D eigenvalue weighted by atomic mass is 32.2. The Morgan fingerprint density at radius 3 is 1.51 bits per heavy atom. The largest absolute Gasteiger partial charge is 0.460 e. The number of carbonyl (C=O) groups is 5. The molecule has 7 aromatic carbocycles. The molecule has 2 atom stereocenters. The smallest absolute Gasteiger partial charge is 0.407 e. The molecule has 0 unspecified atom stereocenters. The Bertz CT molecular complexity index is 2820. The molecule has 0 heterocycles. The third-order valence-electron chi connectivity index (χ3n) is 12.5. The van der Waals surface area contributed by atoms with E-state index in [1.165, 1.54) is 11.8 Å². The minimum atomic E-state index is -1.29. The number of hydrogen-bond acceptors (Lipinski definition) is 9. The zero-order chi connectivity index (χ0) is 51.9. The maximum absolute atomic E-state index is 15.0. The van der Waals surface area contributed by atoms with Gasteiger partial charge in [0.05, 0.1) is 11.3 Å². The molecule has 8 rings (SSSR count). The summed E-state index contributed by atoms with van der Waals surface area (Å²) in [6, 6.07) is 63.5. The molecule has 0 saturated carbocycles. The lowest BCUT2D eigenvalue weighted by molar-refractivity contribution is -0.155. The van der Waals surface area contributed by atoms with E-state index < -0.39 is 54.2 Å². The Hall–Kier alpha value is -6.98. The van der Waals surface area contributed by atoms with Crippen LogP contribution < -0.4 is 26.6 Å². The maximum Gasteiger partial charge on any atom is 0.407 e. The van der Waals surface area contributed by atoms with Crippen LogP contribution >= 0.6 is 31.4 Å². The third kappa shape index (κ3) is 13.6. The summed E-state index contributed by atoms with van der Waals surface area (Å²) in [5.41, 5.74) is 6.75. The quantitative estimate of drug-likeness (QED) is 0.0365. The highest BCUT2D eigenvalue weighted by molar-refractivity contribution is 8.18. The fourth-order valence-corrected chi connectivity index (χ4v) is 14.5. The van der Waals surface area contributed by atoms with Crippen LogP contribution in [0.15, 0.2) is 200 Å². The molecular weight excluding hydrogens is 982 g/mol. The van der Waals surface area contributed by atoms with Gasteiger partial charge < -0.3 is 25.4 Å². The van der Waals surface area contributed by atoms with Crippen molar-refractivity contribution < 1.29 is 33.4 Å². The van der Waals surface area contributed by atoms with E-state index in [1.54, 1.807) is 20.8 Å². The summed E-state index contributed by atoms with van der Waals surface area (Å²) in [7, 11) is -0.885. The lowest BCUT2D eigenvalue weighted by Gasteiger charge is -2.36. The first-order valence-electron chi connectivity index (χ1n) is 24.6. The standard InChI is InChI=1S/C61H60N3O7PS2/c1-60(2,3)71-55(65)38-37-53(57(67)62-39-56(66)73-42-72(46-29-15-7-16-30-46)47-31-17-8-18-32-47)63-58(68)54(64-59(69)70-40-52-50-35-21-19-33-48(50)49-34-20-22-36-51(49)52)41-74-61(43-23-9-4-10-24-43,44-25-11-5-12-26-44)45-27-13-6-14-28-45/h4-36,52-54H,37-42H2,1-3H3,(H,62,67)(H,63,68)(H,64,69)/t53-,54-/m0/s1. The SMILES string of the molecule is CC(C)(C)OC(=O)CC[C@H](NC(=O)[C@H](CSC(c1ccccc1)(c1ccccc1)c1ccccc1)NC(=O)OCC1c2ccccc2-c2ccccc21)C(=O)NCC(=O)SCP(c1ccccc1)c1ccccc1. The number of carbonyl (C=O) groups excluding carboxylic acids is 5. The fourth-order valence-electron chi connectivity index (χ4n) is 9.12. The van der Waals surface area contributed by atoms with Gasteiger partial charge >= 0.3 is 12.1 Å². The van der Waals surface area contributed by atoms with E-state index in [4.69, 9.17) is 9.47 Å².